The molecule has 0 aliphatic carbocycles. The Morgan fingerprint density at radius 1 is 1.31 bits per heavy atom. The molecule has 2 N–H and O–H groups in total. The zero-order valence-electron chi connectivity index (χ0n) is 15.3. The van der Waals surface area contributed by atoms with E-state index in [0.29, 0.717) is 19.0 Å². The molecule has 2 rings (SSSR count). The molecule has 7 heteroatoms. The van der Waals surface area contributed by atoms with E-state index in [4.69, 9.17) is 0 Å². The Morgan fingerprint density at radius 2 is 2.00 bits per heavy atom. The van der Waals surface area contributed by atoms with Gasteiger partial charge in [-0.05, 0) is 50.0 Å². The minimum atomic E-state index is -4.30. The van der Waals surface area contributed by atoms with E-state index >= 15 is 0 Å². The van der Waals surface area contributed by atoms with Crippen LogP contribution in [0.15, 0.2) is 41.9 Å². The van der Waals surface area contributed by atoms with Gasteiger partial charge in [-0.25, -0.2) is 0 Å². The Balaban J connectivity index is 2.11. The van der Waals surface area contributed by atoms with Gasteiger partial charge in [-0.3, -0.25) is 9.89 Å². The van der Waals surface area contributed by atoms with Crippen LogP contribution in [0.5, 0.6) is 0 Å². The Hall–Kier alpha value is -2.02. The highest BCUT2D eigenvalue weighted by atomic mass is 19.4. The van der Waals surface area contributed by atoms with Crippen molar-refractivity contribution in [3.8, 4) is 0 Å². The smallest absolute Gasteiger partial charge is 0.356 e. The lowest BCUT2D eigenvalue weighted by Crippen LogP contribution is -2.45. The number of hydrogen-bond acceptors (Lipinski definition) is 2. The van der Waals surface area contributed by atoms with Crippen molar-refractivity contribution in [2.24, 2.45) is 10.9 Å². The van der Waals surface area contributed by atoms with Crippen molar-refractivity contribution < 1.29 is 13.2 Å². The first-order chi connectivity index (χ1) is 12.4. The molecule has 144 valence electrons. The summed E-state index contributed by atoms with van der Waals surface area (Å²) in [5, 5.41) is 6.45. The number of aliphatic imine (C=N–C) groups is 1. The molecular formula is C19H27F3N4. The molecule has 0 radical (unpaired) electrons. The number of guanidine groups is 1. The molecule has 1 aliphatic rings. The molecule has 0 bridgehead atoms. The van der Waals surface area contributed by atoms with Crippen LogP contribution in [0.1, 0.15) is 30.0 Å². The van der Waals surface area contributed by atoms with Crippen molar-refractivity contribution >= 4 is 5.96 Å². The van der Waals surface area contributed by atoms with Crippen LogP contribution in [0, 0.1) is 5.92 Å². The van der Waals surface area contributed by atoms with Crippen LogP contribution < -0.4 is 10.6 Å². The van der Waals surface area contributed by atoms with Gasteiger partial charge in [-0.1, -0.05) is 18.2 Å². The fraction of sp³-hybridized carbons (Fsp3) is 0.526. The Labute approximate surface area is 153 Å². The molecule has 1 aliphatic heterocycles. The summed E-state index contributed by atoms with van der Waals surface area (Å²) < 4.78 is 38.5. The van der Waals surface area contributed by atoms with E-state index in [0.717, 1.165) is 24.9 Å². The summed E-state index contributed by atoms with van der Waals surface area (Å²) in [5.74, 6) is 0.983. The first-order valence-corrected chi connectivity index (χ1v) is 8.79. The maximum Gasteiger partial charge on any atom is 0.416 e. The molecule has 4 nitrogen and oxygen atoms in total. The lowest BCUT2D eigenvalue weighted by molar-refractivity contribution is -0.137. The van der Waals surface area contributed by atoms with Gasteiger partial charge in [0.05, 0.1) is 5.56 Å². The van der Waals surface area contributed by atoms with Gasteiger partial charge in [0.15, 0.2) is 5.96 Å². The molecule has 0 aromatic heterocycles. The highest BCUT2D eigenvalue weighted by Crippen LogP contribution is 2.36. The minimum absolute atomic E-state index is 0.0797. The summed E-state index contributed by atoms with van der Waals surface area (Å²) >= 11 is 0. The number of likely N-dealkylation sites (tertiary alicyclic amines) is 1. The van der Waals surface area contributed by atoms with E-state index in [2.05, 4.69) is 27.1 Å². The monoisotopic (exact) mass is 368 g/mol. The molecular weight excluding hydrogens is 341 g/mol. The van der Waals surface area contributed by atoms with Crippen LogP contribution in [-0.2, 0) is 6.18 Å². The van der Waals surface area contributed by atoms with E-state index in [1.807, 2.05) is 7.05 Å². The maximum atomic E-state index is 12.8. The van der Waals surface area contributed by atoms with E-state index in [9.17, 15) is 13.2 Å². The number of halogens is 3. The summed E-state index contributed by atoms with van der Waals surface area (Å²) in [5.41, 5.74) is 0.310. The number of nitrogens with one attached hydrogen (secondary N) is 2. The molecule has 2 atom stereocenters. The third-order valence-corrected chi connectivity index (χ3v) is 4.76. The van der Waals surface area contributed by atoms with Crippen LogP contribution in [0.2, 0.25) is 0 Å². The second-order valence-corrected chi connectivity index (χ2v) is 6.57. The molecule has 1 aromatic rings. The number of piperidine rings is 1. The number of benzene rings is 1. The van der Waals surface area contributed by atoms with Gasteiger partial charge < -0.3 is 10.6 Å². The van der Waals surface area contributed by atoms with Crippen LogP contribution in [0.4, 0.5) is 13.2 Å². The number of hydrogen-bond donors (Lipinski definition) is 2. The molecule has 0 saturated carbocycles. The predicted octanol–water partition coefficient (Wildman–Crippen LogP) is 3.44. The van der Waals surface area contributed by atoms with Crippen molar-refractivity contribution in [2.75, 3.05) is 33.7 Å². The molecule has 0 spiro atoms. The van der Waals surface area contributed by atoms with Crippen LogP contribution in [0.3, 0.4) is 0 Å². The topological polar surface area (TPSA) is 39.7 Å². The molecule has 1 heterocycles. The van der Waals surface area contributed by atoms with Crippen molar-refractivity contribution in [1.82, 2.24) is 15.5 Å². The lowest BCUT2D eigenvalue weighted by atomic mass is 9.84. The second kappa shape index (κ2) is 9.07. The highest BCUT2D eigenvalue weighted by Gasteiger charge is 2.33. The van der Waals surface area contributed by atoms with Gasteiger partial charge in [-0.15, -0.1) is 6.58 Å². The fourth-order valence-corrected chi connectivity index (χ4v) is 3.49. The predicted molar refractivity (Wildman–Crippen MR) is 99.1 cm³/mol. The third-order valence-electron chi connectivity index (χ3n) is 4.76. The standard InChI is InChI=1S/C19H27F3N4/c1-4-11-24-18(23-2)25-13-15-6-5-12-26(3)17(15)14-7-9-16(10-8-14)19(20,21)22/h4,7-10,15,17H,1,5-6,11-13H2,2-3H3,(H2,23,24,25). The summed E-state index contributed by atoms with van der Waals surface area (Å²) in [6.07, 6.45) is -0.465. The molecule has 0 amide bonds. The van der Waals surface area contributed by atoms with Gasteiger partial charge in [0.1, 0.15) is 0 Å². The first-order valence-electron chi connectivity index (χ1n) is 8.79. The van der Waals surface area contributed by atoms with Gasteiger partial charge >= 0.3 is 6.18 Å². The Kier molecular flexibility index (Phi) is 7.08. The van der Waals surface area contributed by atoms with Gasteiger partial charge in [0.2, 0.25) is 0 Å². The number of alkyl halides is 3. The van der Waals surface area contributed by atoms with E-state index in [-0.39, 0.29) is 12.0 Å². The summed E-state index contributed by atoms with van der Waals surface area (Å²) in [7, 11) is 3.73. The Bertz CT molecular complexity index is 610. The number of nitrogens with zero attached hydrogens (tertiary/aromatic N) is 2. The molecule has 1 aromatic carbocycles. The number of rotatable bonds is 5. The molecule has 1 fully saturated rings. The normalized spacial score (nSPS) is 22.1. The fourth-order valence-electron chi connectivity index (χ4n) is 3.49. The van der Waals surface area contributed by atoms with Crippen molar-refractivity contribution in [2.45, 2.75) is 25.1 Å². The van der Waals surface area contributed by atoms with Crippen molar-refractivity contribution in [3.63, 3.8) is 0 Å². The lowest BCUT2D eigenvalue weighted by Gasteiger charge is -2.40. The van der Waals surface area contributed by atoms with E-state index < -0.39 is 11.7 Å². The van der Waals surface area contributed by atoms with Crippen LogP contribution >= 0.6 is 0 Å². The maximum absolute atomic E-state index is 12.8. The minimum Gasteiger partial charge on any atom is -0.356 e. The van der Waals surface area contributed by atoms with Crippen LogP contribution in [-0.4, -0.2) is 44.6 Å². The van der Waals surface area contributed by atoms with E-state index in [1.165, 1.54) is 12.1 Å². The average Bonchev–Trinajstić information content (AvgIpc) is 2.61. The van der Waals surface area contributed by atoms with Gasteiger partial charge in [-0.2, -0.15) is 13.2 Å². The summed E-state index contributed by atoms with van der Waals surface area (Å²) in [4.78, 5) is 6.39. The largest absolute Gasteiger partial charge is 0.416 e. The zero-order valence-corrected chi connectivity index (χ0v) is 15.3. The SMILES string of the molecule is C=CCNC(=NC)NCC1CCCN(C)C1c1ccc(C(F)(F)F)cc1. The quantitative estimate of drug-likeness (QED) is 0.475. The third kappa shape index (κ3) is 5.24. The van der Waals surface area contributed by atoms with E-state index in [1.54, 1.807) is 25.3 Å². The average molecular weight is 368 g/mol. The van der Waals surface area contributed by atoms with Crippen molar-refractivity contribution in [3.05, 3.63) is 48.0 Å². The summed E-state index contributed by atoms with van der Waals surface area (Å²) in [6, 6.07) is 5.64. The molecule has 26 heavy (non-hydrogen) atoms. The highest BCUT2D eigenvalue weighted by molar-refractivity contribution is 5.79. The van der Waals surface area contributed by atoms with Gasteiger partial charge in [0.25, 0.3) is 0 Å². The first kappa shape index (κ1) is 20.3. The van der Waals surface area contributed by atoms with Gasteiger partial charge in [0, 0.05) is 26.2 Å². The van der Waals surface area contributed by atoms with Crippen LogP contribution in [0.25, 0.3) is 0 Å². The summed E-state index contributed by atoms with van der Waals surface area (Å²) in [6.45, 7) is 5.93. The zero-order chi connectivity index (χ0) is 19.2. The van der Waals surface area contributed by atoms with Crippen molar-refractivity contribution in [1.29, 1.82) is 0 Å². The Morgan fingerprint density at radius 3 is 2.58 bits per heavy atom. The molecule has 2 unspecified atom stereocenters. The second-order valence-electron chi connectivity index (χ2n) is 6.57. The molecule has 1 saturated heterocycles.